The molecule has 1 unspecified atom stereocenters. The Morgan fingerprint density at radius 1 is 1.57 bits per heavy atom. The van der Waals surface area contributed by atoms with Crippen molar-refractivity contribution in [1.29, 1.82) is 0 Å². The summed E-state index contributed by atoms with van der Waals surface area (Å²) in [6.07, 6.45) is 0. The number of anilines is 1. The Bertz CT molecular complexity index is 616. The molecule has 21 heavy (non-hydrogen) atoms. The number of esters is 1. The van der Waals surface area contributed by atoms with E-state index in [9.17, 15) is 9.59 Å². The van der Waals surface area contributed by atoms with Gasteiger partial charge in [-0.2, -0.15) is 0 Å². The molecule has 0 bridgehead atoms. The zero-order valence-corrected chi connectivity index (χ0v) is 12.4. The van der Waals surface area contributed by atoms with E-state index in [1.807, 2.05) is 24.4 Å². The number of thiophene rings is 1. The van der Waals surface area contributed by atoms with E-state index in [4.69, 9.17) is 10.5 Å². The largest absolute Gasteiger partial charge is 0.452 e. The Morgan fingerprint density at radius 3 is 2.90 bits per heavy atom. The van der Waals surface area contributed by atoms with E-state index in [0.717, 1.165) is 4.88 Å². The van der Waals surface area contributed by atoms with Gasteiger partial charge in [-0.1, -0.05) is 11.2 Å². The van der Waals surface area contributed by atoms with Crippen LogP contribution in [0.2, 0.25) is 0 Å². The van der Waals surface area contributed by atoms with Crippen LogP contribution in [0.5, 0.6) is 0 Å². The van der Waals surface area contributed by atoms with Crippen LogP contribution in [0.25, 0.3) is 0 Å². The third-order valence-corrected chi connectivity index (χ3v) is 3.83. The van der Waals surface area contributed by atoms with Crippen LogP contribution in [0.15, 0.2) is 22.0 Å². The number of nitrogens with zero attached hydrogens (tertiary/aromatic N) is 1. The number of carbonyl (C=O) groups excluding carboxylic acids is 2. The van der Waals surface area contributed by atoms with E-state index in [-0.39, 0.29) is 17.5 Å². The number of hydrogen-bond donors (Lipinski definition) is 2. The molecule has 0 aromatic carbocycles. The number of nitrogens with one attached hydrogen (secondary N) is 1. The first kappa shape index (κ1) is 15.0. The van der Waals surface area contributed by atoms with Crippen LogP contribution in [-0.2, 0) is 9.53 Å². The molecule has 2 rings (SSSR count). The van der Waals surface area contributed by atoms with E-state index in [0.29, 0.717) is 5.69 Å². The molecule has 0 aliphatic heterocycles. The number of rotatable bonds is 5. The van der Waals surface area contributed by atoms with Gasteiger partial charge >= 0.3 is 5.97 Å². The number of aryl methyl sites for hydroxylation is 1. The lowest BCUT2D eigenvalue weighted by molar-refractivity contribution is -0.124. The van der Waals surface area contributed by atoms with Gasteiger partial charge in [-0.3, -0.25) is 4.79 Å². The Balaban J connectivity index is 1.85. The first-order valence-corrected chi connectivity index (χ1v) is 7.08. The van der Waals surface area contributed by atoms with Gasteiger partial charge in [-0.05, 0) is 25.3 Å². The summed E-state index contributed by atoms with van der Waals surface area (Å²) in [7, 11) is 0. The average molecular weight is 309 g/mol. The molecule has 3 N–H and O–H groups in total. The molecule has 0 aliphatic rings. The highest BCUT2D eigenvalue weighted by molar-refractivity contribution is 7.10. The summed E-state index contributed by atoms with van der Waals surface area (Å²) >= 11 is 1.54. The minimum absolute atomic E-state index is 0.0501. The fraction of sp³-hybridized carbons (Fsp3) is 0.308. The van der Waals surface area contributed by atoms with Crippen LogP contribution in [0.4, 0.5) is 5.88 Å². The summed E-state index contributed by atoms with van der Waals surface area (Å²) in [4.78, 5) is 24.5. The van der Waals surface area contributed by atoms with E-state index >= 15 is 0 Å². The predicted octanol–water partition coefficient (Wildman–Crippen LogP) is 1.66. The maximum Gasteiger partial charge on any atom is 0.346 e. The number of aromatic nitrogens is 1. The average Bonchev–Trinajstić information content (AvgIpc) is 3.06. The number of ether oxygens (including phenoxy) is 1. The van der Waals surface area contributed by atoms with Gasteiger partial charge in [0.05, 0.1) is 11.7 Å². The van der Waals surface area contributed by atoms with Crippen molar-refractivity contribution in [3.63, 3.8) is 0 Å². The van der Waals surface area contributed by atoms with Crippen molar-refractivity contribution < 1.29 is 18.8 Å². The number of nitrogens with two attached hydrogens (primary N) is 1. The van der Waals surface area contributed by atoms with Crippen molar-refractivity contribution in [2.24, 2.45) is 0 Å². The summed E-state index contributed by atoms with van der Waals surface area (Å²) in [6, 6.07) is 3.68. The lowest BCUT2D eigenvalue weighted by Gasteiger charge is -2.12. The minimum Gasteiger partial charge on any atom is -0.452 e. The van der Waals surface area contributed by atoms with Crippen molar-refractivity contribution in [2.75, 3.05) is 12.3 Å². The van der Waals surface area contributed by atoms with Crippen molar-refractivity contribution in [2.45, 2.75) is 19.9 Å². The monoisotopic (exact) mass is 309 g/mol. The third kappa shape index (κ3) is 3.60. The second kappa shape index (κ2) is 6.40. The fourth-order valence-electron chi connectivity index (χ4n) is 1.73. The van der Waals surface area contributed by atoms with E-state index in [1.54, 1.807) is 6.92 Å². The second-order valence-corrected chi connectivity index (χ2v) is 5.37. The molecule has 0 spiro atoms. The maximum absolute atomic E-state index is 11.8. The molecule has 2 heterocycles. The topological polar surface area (TPSA) is 107 Å². The number of nitrogen functional groups attached to an aromatic ring is 1. The van der Waals surface area contributed by atoms with Gasteiger partial charge in [-0.15, -0.1) is 11.3 Å². The van der Waals surface area contributed by atoms with Gasteiger partial charge < -0.3 is 20.3 Å². The highest BCUT2D eigenvalue weighted by Gasteiger charge is 2.21. The van der Waals surface area contributed by atoms with Crippen molar-refractivity contribution in [3.05, 3.63) is 33.6 Å². The van der Waals surface area contributed by atoms with Gasteiger partial charge in [0, 0.05) is 4.88 Å². The normalized spacial score (nSPS) is 11.9. The molecule has 112 valence electrons. The summed E-state index contributed by atoms with van der Waals surface area (Å²) < 4.78 is 9.57. The molecule has 1 atom stereocenters. The predicted molar refractivity (Wildman–Crippen MR) is 76.8 cm³/mol. The molecule has 0 aliphatic carbocycles. The molecule has 0 saturated carbocycles. The third-order valence-electron chi connectivity index (χ3n) is 2.78. The van der Waals surface area contributed by atoms with Crippen LogP contribution >= 0.6 is 11.3 Å². The van der Waals surface area contributed by atoms with Gasteiger partial charge in [0.1, 0.15) is 5.56 Å². The molecular formula is C13H15N3O4S. The SMILES string of the molecule is Cc1noc(N)c1C(=O)OCC(=O)NC(C)c1cccs1. The second-order valence-electron chi connectivity index (χ2n) is 4.39. The number of carbonyl (C=O) groups is 2. The van der Waals surface area contributed by atoms with E-state index < -0.39 is 18.5 Å². The molecular weight excluding hydrogens is 294 g/mol. The molecule has 0 fully saturated rings. The highest BCUT2D eigenvalue weighted by Crippen LogP contribution is 2.18. The van der Waals surface area contributed by atoms with Crippen LogP contribution in [0.3, 0.4) is 0 Å². The van der Waals surface area contributed by atoms with E-state index in [2.05, 4.69) is 15.0 Å². The van der Waals surface area contributed by atoms with Crippen LogP contribution in [0.1, 0.15) is 33.9 Å². The Hall–Kier alpha value is -2.35. The summed E-state index contributed by atoms with van der Waals surface area (Å²) in [5, 5.41) is 8.21. The maximum atomic E-state index is 11.8. The lowest BCUT2D eigenvalue weighted by Crippen LogP contribution is -2.30. The first-order valence-electron chi connectivity index (χ1n) is 6.20. The van der Waals surface area contributed by atoms with Crippen LogP contribution in [-0.4, -0.2) is 23.6 Å². The summed E-state index contributed by atoms with van der Waals surface area (Å²) in [5.41, 5.74) is 5.84. The van der Waals surface area contributed by atoms with Crippen LogP contribution in [0, 0.1) is 6.92 Å². The molecule has 0 saturated heterocycles. The summed E-state index contributed by atoms with van der Waals surface area (Å²) in [6.45, 7) is 3.03. The Kier molecular flexibility index (Phi) is 4.59. The number of hydrogen-bond acceptors (Lipinski definition) is 7. The standard InChI is InChI=1S/C13H15N3O4S/c1-7(9-4-3-5-21-9)15-10(17)6-19-13(18)11-8(2)16-20-12(11)14/h3-5,7H,6,14H2,1-2H3,(H,15,17). The molecule has 0 radical (unpaired) electrons. The van der Waals surface area contributed by atoms with Crippen LogP contribution < -0.4 is 11.1 Å². The first-order chi connectivity index (χ1) is 9.99. The molecule has 1 amide bonds. The van der Waals surface area contributed by atoms with Crippen molar-refractivity contribution in [1.82, 2.24) is 10.5 Å². The zero-order valence-electron chi connectivity index (χ0n) is 11.6. The molecule has 8 heteroatoms. The highest BCUT2D eigenvalue weighted by atomic mass is 32.1. The summed E-state index contributed by atoms with van der Waals surface area (Å²) in [5.74, 6) is -1.24. The molecule has 7 nitrogen and oxygen atoms in total. The molecule has 2 aromatic heterocycles. The Labute approximate surface area is 125 Å². The minimum atomic E-state index is -0.731. The Morgan fingerprint density at radius 2 is 2.33 bits per heavy atom. The zero-order chi connectivity index (χ0) is 15.4. The van der Waals surface area contributed by atoms with Gasteiger partial charge in [0.25, 0.3) is 5.91 Å². The van der Waals surface area contributed by atoms with E-state index in [1.165, 1.54) is 11.3 Å². The van der Waals surface area contributed by atoms with Crippen molar-refractivity contribution in [3.8, 4) is 0 Å². The fourth-order valence-corrected chi connectivity index (χ4v) is 2.47. The van der Waals surface area contributed by atoms with Crippen molar-refractivity contribution >= 4 is 29.1 Å². The van der Waals surface area contributed by atoms with Gasteiger partial charge in [0.2, 0.25) is 5.88 Å². The number of amides is 1. The van der Waals surface area contributed by atoms with Gasteiger partial charge in [-0.25, -0.2) is 4.79 Å². The quantitative estimate of drug-likeness (QED) is 0.813. The smallest absolute Gasteiger partial charge is 0.346 e. The van der Waals surface area contributed by atoms with Gasteiger partial charge in [0.15, 0.2) is 6.61 Å². The lowest BCUT2D eigenvalue weighted by atomic mass is 10.2. The molecule has 2 aromatic rings.